The van der Waals surface area contributed by atoms with Crippen molar-refractivity contribution < 1.29 is 4.79 Å². The van der Waals surface area contributed by atoms with Gasteiger partial charge in [-0.1, -0.05) is 25.1 Å². The van der Waals surface area contributed by atoms with Crippen LogP contribution in [0, 0.1) is 5.41 Å². The predicted molar refractivity (Wildman–Crippen MR) is 80.5 cm³/mol. The average Bonchev–Trinajstić information content (AvgIpc) is 2.48. The fourth-order valence-electron chi connectivity index (χ4n) is 2.70. The largest absolute Gasteiger partial charge is 0.370 e. The van der Waals surface area contributed by atoms with E-state index in [1.165, 1.54) is 0 Å². The maximum atomic E-state index is 12.4. The minimum atomic E-state index is -0.143. The molecule has 20 heavy (non-hydrogen) atoms. The maximum absolute atomic E-state index is 12.4. The molecule has 1 amide bonds. The van der Waals surface area contributed by atoms with Crippen molar-refractivity contribution >= 4 is 17.6 Å². The first kappa shape index (κ1) is 14.4. The van der Waals surface area contributed by atoms with Gasteiger partial charge in [-0.15, -0.1) is 0 Å². The van der Waals surface area contributed by atoms with Crippen LogP contribution in [-0.2, 0) is 4.79 Å². The summed E-state index contributed by atoms with van der Waals surface area (Å²) in [7, 11) is 0. The number of nitrogens with two attached hydrogens (primary N) is 1. The molecule has 0 aliphatic carbocycles. The van der Waals surface area contributed by atoms with Gasteiger partial charge in [0.2, 0.25) is 5.91 Å². The Balaban J connectivity index is 2.35. The van der Waals surface area contributed by atoms with Crippen LogP contribution in [0.1, 0.15) is 32.6 Å². The van der Waals surface area contributed by atoms with E-state index in [9.17, 15) is 4.79 Å². The van der Waals surface area contributed by atoms with Crippen LogP contribution in [0.2, 0.25) is 0 Å². The van der Waals surface area contributed by atoms with Crippen molar-refractivity contribution in [3.63, 3.8) is 0 Å². The summed E-state index contributed by atoms with van der Waals surface area (Å²) in [6.45, 7) is 2.60. The molecular formula is C15H22N4O. The Labute approximate surface area is 119 Å². The molecule has 5 heteroatoms. The van der Waals surface area contributed by atoms with E-state index in [2.05, 4.69) is 0 Å². The Morgan fingerprint density at radius 2 is 2.10 bits per heavy atom. The molecule has 1 aliphatic heterocycles. The lowest BCUT2D eigenvalue weighted by Gasteiger charge is -2.42. The van der Waals surface area contributed by atoms with Gasteiger partial charge >= 0.3 is 0 Å². The van der Waals surface area contributed by atoms with E-state index < -0.39 is 0 Å². The number of anilines is 1. The third-order valence-corrected chi connectivity index (χ3v) is 3.68. The molecule has 1 aliphatic rings. The molecule has 1 fully saturated rings. The summed E-state index contributed by atoms with van der Waals surface area (Å²) in [5.41, 5.74) is 6.56. The van der Waals surface area contributed by atoms with Crippen LogP contribution in [0.5, 0.6) is 0 Å². The number of amides is 1. The van der Waals surface area contributed by atoms with Gasteiger partial charge < -0.3 is 10.6 Å². The van der Waals surface area contributed by atoms with E-state index in [4.69, 9.17) is 11.1 Å². The number of carbonyl (C=O) groups excluding carboxylic acids is 1. The van der Waals surface area contributed by atoms with Gasteiger partial charge in [-0.2, -0.15) is 0 Å². The Hall–Kier alpha value is -2.04. The molecule has 0 radical (unpaired) electrons. The molecule has 0 saturated carbocycles. The van der Waals surface area contributed by atoms with E-state index in [1.54, 1.807) is 4.90 Å². The number of guanidine groups is 1. The number of hydrogen-bond acceptors (Lipinski definition) is 2. The zero-order chi connectivity index (χ0) is 14.5. The lowest BCUT2D eigenvalue weighted by molar-refractivity contribution is -0.119. The molecule has 5 nitrogen and oxygen atoms in total. The van der Waals surface area contributed by atoms with Crippen molar-refractivity contribution in [2.24, 2.45) is 5.73 Å². The highest BCUT2D eigenvalue weighted by atomic mass is 16.2. The van der Waals surface area contributed by atoms with Gasteiger partial charge in [0.1, 0.15) is 6.17 Å². The van der Waals surface area contributed by atoms with Gasteiger partial charge in [0.25, 0.3) is 0 Å². The summed E-state index contributed by atoms with van der Waals surface area (Å²) in [6, 6.07) is 9.64. The van der Waals surface area contributed by atoms with E-state index in [0.29, 0.717) is 6.42 Å². The predicted octanol–water partition coefficient (Wildman–Crippen LogP) is 2.14. The molecule has 3 N–H and O–H groups in total. The van der Waals surface area contributed by atoms with Crippen LogP contribution in [0.4, 0.5) is 5.69 Å². The number of carbonyl (C=O) groups is 1. The molecule has 1 heterocycles. The second-order valence-corrected chi connectivity index (χ2v) is 5.01. The minimum absolute atomic E-state index is 0.0412. The number of nitrogens with zero attached hydrogens (tertiary/aromatic N) is 2. The van der Waals surface area contributed by atoms with Crippen LogP contribution in [-0.4, -0.2) is 29.5 Å². The molecule has 2 rings (SSSR count). The van der Waals surface area contributed by atoms with E-state index >= 15 is 0 Å². The summed E-state index contributed by atoms with van der Waals surface area (Å²) >= 11 is 0. The molecule has 1 aromatic carbocycles. The highest BCUT2D eigenvalue weighted by Gasteiger charge is 2.32. The smallest absolute Gasteiger partial charge is 0.228 e. The van der Waals surface area contributed by atoms with Crippen molar-refractivity contribution in [2.45, 2.75) is 38.8 Å². The number of nitrogens with one attached hydrogen (secondary N) is 1. The number of benzene rings is 1. The Kier molecular flexibility index (Phi) is 4.61. The van der Waals surface area contributed by atoms with Crippen molar-refractivity contribution in [2.75, 3.05) is 11.4 Å². The van der Waals surface area contributed by atoms with Gasteiger partial charge in [0.15, 0.2) is 5.96 Å². The molecule has 1 unspecified atom stereocenters. The van der Waals surface area contributed by atoms with Gasteiger partial charge in [-0.3, -0.25) is 15.1 Å². The normalized spacial score (nSPS) is 18.6. The minimum Gasteiger partial charge on any atom is -0.370 e. The third kappa shape index (κ3) is 2.92. The van der Waals surface area contributed by atoms with Gasteiger partial charge in [-0.25, -0.2) is 0 Å². The number of para-hydroxylation sites is 1. The van der Waals surface area contributed by atoms with Gasteiger partial charge in [-0.05, 0) is 31.4 Å². The van der Waals surface area contributed by atoms with Crippen molar-refractivity contribution in [3.8, 4) is 0 Å². The van der Waals surface area contributed by atoms with Crippen LogP contribution in [0.3, 0.4) is 0 Å². The highest BCUT2D eigenvalue weighted by molar-refractivity contribution is 5.94. The Bertz CT molecular complexity index is 474. The first-order chi connectivity index (χ1) is 9.65. The molecule has 108 valence electrons. The Morgan fingerprint density at radius 1 is 1.40 bits per heavy atom. The fourth-order valence-corrected chi connectivity index (χ4v) is 2.70. The lowest BCUT2D eigenvalue weighted by Crippen LogP contribution is -2.57. The quantitative estimate of drug-likeness (QED) is 0.655. The second kappa shape index (κ2) is 6.41. The first-order valence-corrected chi connectivity index (χ1v) is 7.13. The zero-order valence-electron chi connectivity index (χ0n) is 11.9. The van der Waals surface area contributed by atoms with Crippen LogP contribution < -0.4 is 10.6 Å². The zero-order valence-corrected chi connectivity index (χ0v) is 11.9. The monoisotopic (exact) mass is 274 g/mol. The van der Waals surface area contributed by atoms with E-state index in [0.717, 1.165) is 31.5 Å². The van der Waals surface area contributed by atoms with Crippen molar-refractivity contribution in [1.29, 1.82) is 5.41 Å². The molecule has 0 spiro atoms. The molecule has 0 aromatic heterocycles. The average molecular weight is 274 g/mol. The number of likely N-dealkylation sites (tertiary alicyclic amines) is 1. The standard InChI is InChI=1S/C15H22N4O/c1-2-14(20)19(12-8-4-3-5-9-12)13-10-6-7-11-18(13)15(16)17/h3-5,8-9,13H,2,6-7,10-11H2,1H3,(H3,16,17). The van der Waals surface area contributed by atoms with Gasteiger partial charge in [0.05, 0.1) is 0 Å². The Morgan fingerprint density at radius 3 is 2.70 bits per heavy atom. The molecular weight excluding hydrogens is 252 g/mol. The number of rotatable bonds is 3. The fraction of sp³-hybridized carbons (Fsp3) is 0.467. The SMILES string of the molecule is CCC(=O)N(c1ccccc1)C1CCCCN1C(=N)N. The van der Waals surface area contributed by atoms with Gasteiger partial charge in [0, 0.05) is 18.7 Å². The number of hydrogen-bond donors (Lipinski definition) is 2. The molecule has 1 saturated heterocycles. The van der Waals surface area contributed by atoms with Crippen LogP contribution in [0.15, 0.2) is 30.3 Å². The van der Waals surface area contributed by atoms with E-state index in [1.807, 2.05) is 42.2 Å². The summed E-state index contributed by atoms with van der Waals surface area (Å²) in [4.78, 5) is 16.0. The summed E-state index contributed by atoms with van der Waals surface area (Å²) in [6.07, 6.45) is 3.21. The second-order valence-electron chi connectivity index (χ2n) is 5.01. The first-order valence-electron chi connectivity index (χ1n) is 7.13. The topological polar surface area (TPSA) is 73.4 Å². The van der Waals surface area contributed by atoms with Crippen LogP contribution >= 0.6 is 0 Å². The lowest BCUT2D eigenvalue weighted by atomic mass is 10.1. The highest BCUT2D eigenvalue weighted by Crippen LogP contribution is 2.26. The van der Waals surface area contributed by atoms with E-state index in [-0.39, 0.29) is 18.0 Å². The molecule has 1 aromatic rings. The maximum Gasteiger partial charge on any atom is 0.228 e. The summed E-state index contributed by atoms with van der Waals surface area (Å²) in [5.74, 6) is 0.105. The third-order valence-electron chi connectivity index (χ3n) is 3.68. The van der Waals surface area contributed by atoms with Crippen molar-refractivity contribution in [1.82, 2.24) is 4.90 Å². The number of piperidine rings is 1. The molecule has 0 bridgehead atoms. The van der Waals surface area contributed by atoms with Crippen LogP contribution in [0.25, 0.3) is 0 Å². The summed E-state index contributed by atoms with van der Waals surface area (Å²) in [5, 5.41) is 7.74. The summed E-state index contributed by atoms with van der Waals surface area (Å²) < 4.78 is 0. The molecule has 1 atom stereocenters. The van der Waals surface area contributed by atoms with Crippen molar-refractivity contribution in [3.05, 3.63) is 30.3 Å².